The van der Waals surface area contributed by atoms with Crippen molar-refractivity contribution in [3.63, 3.8) is 0 Å². The maximum Gasteiger partial charge on any atom is 0.191 e. The van der Waals surface area contributed by atoms with Gasteiger partial charge in [-0.15, -0.1) is 24.0 Å². The highest BCUT2D eigenvalue weighted by Gasteiger charge is 2.21. The van der Waals surface area contributed by atoms with Gasteiger partial charge in [0.1, 0.15) is 0 Å². The molecule has 0 aromatic rings. The molecule has 1 saturated heterocycles. The highest BCUT2D eigenvalue weighted by molar-refractivity contribution is 14.0. The number of rotatable bonds is 5. The van der Waals surface area contributed by atoms with Crippen molar-refractivity contribution in [1.29, 1.82) is 0 Å². The van der Waals surface area contributed by atoms with Crippen LogP contribution in [0.3, 0.4) is 0 Å². The predicted molar refractivity (Wildman–Crippen MR) is 106 cm³/mol. The van der Waals surface area contributed by atoms with Gasteiger partial charge in [0.25, 0.3) is 0 Å². The summed E-state index contributed by atoms with van der Waals surface area (Å²) in [5.74, 6) is 2.54. The van der Waals surface area contributed by atoms with Crippen molar-refractivity contribution in [2.24, 2.45) is 16.8 Å². The van der Waals surface area contributed by atoms with Crippen molar-refractivity contribution in [3.05, 3.63) is 0 Å². The van der Waals surface area contributed by atoms with Gasteiger partial charge in [0, 0.05) is 32.7 Å². The smallest absolute Gasteiger partial charge is 0.191 e. The monoisotopic (exact) mass is 422 g/mol. The van der Waals surface area contributed by atoms with E-state index in [1.165, 1.54) is 58.2 Å². The molecule has 0 radical (unpaired) electrons. The number of halogens is 1. The van der Waals surface area contributed by atoms with Crippen LogP contribution in [-0.2, 0) is 0 Å². The number of aliphatic imine (C=N–C) groups is 1. The molecule has 0 aromatic carbocycles. The maximum atomic E-state index is 4.38. The van der Waals surface area contributed by atoms with Crippen molar-refractivity contribution in [3.8, 4) is 0 Å². The van der Waals surface area contributed by atoms with Gasteiger partial charge in [0.05, 0.1) is 0 Å². The first kappa shape index (κ1) is 20.0. The minimum Gasteiger partial charge on any atom is -0.356 e. The molecule has 2 fully saturated rings. The Morgan fingerprint density at radius 3 is 2.55 bits per heavy atom. The van der Waals surface area contributed by atoms with E-state index in [2.05, 4.69) is 34.4 Å². The number of nitrogens with one attached hydrogen (secondary N) is 2. The maximum absolute atomic E-state index is 4.38. The van der Waals surface area contributed by atoms with E-state index in [1.807, 2.05) is 7.05 Å². The third-order valence-corrected chi connectivity index (χ3v) is 4.70. The Morgan fingerprint density at radius 2 is 1.91 bits per heavy atom. The summed E-state index contributed by atoms with van der Waals surface area (Å²) < 4.78 is 0. The Hall–Kier alpha value is -0.0400. The van der Waals surface area contributed by atoms with Crippen molar-refractivity contribution in [1.82, 2.24) is 15.5 Å². The van der Waals surface area contributed by atoms with Crippen LogP contribution in [0, 0.1) is 11.8 Å². The first-order chi connectivity index (χ1) is 10.2. The lowest BCUT2D eigenvalue weighted by atomic mass is 9.97. The number of hydrogen-bond donors (Lipinski definition) is 2. The molecule has 4 nitrogen and oxygen atoms in total. The van der Waals surface area contributed by atoms with Crippen LogP contribution in [0.15, 0.2) is 4.99 Å². The molecule has 1 atom stereocenters. The minimum absolute atomic E-state index is 0. The third-order valence-electron chi connectivity index (χ3n) is 4.70. The Bertz CT molecular complexity index is 327. The fourth-order valence-electron chi connectivity index (χ4n) is 3.70. The molecule has 0 amide bonds. The van der Waals surface area contributed by atoms with E-state index < -0.39 is 0 Å². The molecule has 0 bridgehead atoms. The molecule has 22 heavy (non-hydrogen) atoms. The molecule has 1 aliphatic carbocycles. The highest BCUT2D eigenvalue weighted by atomic mass is 127. The van der Waals surface area contributed by atoms with Gasteiger partial charge in [0.2, 0.25) is 0 Å². The van der Waals surface area contributed by atoms with Crippen molar-refractivity contribution in [2.75, 3.05) is 33.2 Å². The predicted octanol–water partition coefficient (Wildman–Crippen LogP) is 3.08. The molecule has 2 N–H and O–H groups in total. The average Bonchev–Trinajstić information content (AvgIpc) is 2.96. The van der Waals surface area contributed by atoms with E-state index in [4.69, 9.17) is 0 Å². The van der Waals surface area contributed by atoms with E-state index in [9.17, 15) is 0 Å². The van der Waals surface area contributed by atoms with Gasteiger partial charge >= 0.3 is 0 Å². The van der Waals surface area contributed by atoms with Gasteiger partial charge < -0.3 is 15.5 Å². The van der Waals surface area contributed by atoms with Crippen molar-refractivity contribution < 1.29 is 0 Å². The molecular weight excluding hydrogens is 387 g/mol. The van der Waals surface area contributed by atoms with Crippen LogP contribution in [0.2, 0.25) is 0 Å². The zero-order valence-electron chi connectivity index (χ0n) is 14.6. The van der Waals surface area contributed by atoms with Crippen LogP contribution in [0.1, 0.15) is 52.4 Å². The first-order valence-corrected chi connectivity index (χ1v) is 8.87. The zero-order chi connectivity index (χ0) is 15.1. The van der Waals surface area contributed by atoms with Crippen LogP contribution in [-0.4, -0.2) is 50.1 Å². The van der Waals surface area contributed by atoms with Crippen LogP contribution >= 0.6 is 24.0 Å². The Kier molecular flexibility index (Phi) is 9.71. The van der Waals surface area contributed by atoms with Gasteiger partial charge in [-0.2, -0.15) is 0 Å². The van der Waals surface area contributed by atoms with Gasteiger partial charge in [-0.3, -0.25) is 4.99 Å². The standard InChI is InChI=1S/C17H34N4.HI/c1-14(2)12-21-10-6-7-15(13-21)11-19-17(18-3)20-16-8-4-5-9-16;/h14-16H,4-13H2,1-3H3,(H2,18,19,20);1H. The lowest BCUT2D eigenvalue weighted by molar-refractivity contribution is 0.159. The Balaban J connectivity index is 0.00000242. The summed E-state index contributed by atoms with van der Waals surface area (Å²) in [6.07, 6.45) is 8.01. The summed E-state index contributed by atoms with van der Waals surface area (Å²) in [6, 6.07) is 0.639. The largest absolute Gasteiger partial charge is 0.356 e. The number of piperidine rings is 1. The van der Waals surface area contributed by atoms with Crippen LogP contribution in [0.25, 0.3) is 0 Å². The minimum atomic E-state index is 0. The van der Waals surface area contributed by atoms with Crippen LogP contribution < -0.4 is 10.6 Å². The molecule has 5 heteroatoms. The highest BCUT2D eigenvalue weighted by Crippen LogP contribution is 2.18. The summed E-state index contributed by atoms with van der Waals surface area (Å²) in [5, 5.41) is 7.13. The zero-order valence-corrected chi connectivity index (χ0v) is 16.9. The molecule has 2 aliphatic rings. The number of likely N-dealkylation sites (tertiary alicyclic amines) is 1. The summed E-state index contributed by atoms with van der Waals surface area (Å²) >= 11 is 0. The summed E-state index contributed by atoms with van der Waals surface area (Å²) in [6.45, 7) is 9.45. The second-order valence-corrected chi connectivity index (χ2v) is 7.24. The average molecular weight is 422 g/mol. The molecule has 1 unspecified atom stereocenters. The number of guanidine groups is 1. The van der Waals surface area contributed by atoms with E-state index in [0.29, 0.717) is 6.04 Å². The molecule has 0 aromatic heterocycles. The van der Waals surface area contributed by atoms with Gasteiger partial charge in [0.15, 0.2) is 5.96 Å². The molecule has 1 aliphatic heterocycles. The lowest BCUT2D eigenvalue weighted by Crippen LogP contribution is -2.47. The number of nitrogens with zero attached hydrogens (tertiary/aromatic N) is 2. The SMILES string of the molecule is CN=C(NCC1CCCN(CC(C)C)C1)NC1CCCC1.I. The van der Waals surface area contributed by atoms with E-state index >= 15 is 0 Å². The normalized spacial score (nSPS) is 24.4. The molecule has 1 saturated carbocycles. The van der Waals surface area contributed by atoms with E-state index in [-0.39, 0.29) is 24.0 Å². The Morgan fingerprint density at radius 1 is 1.18 bits per heavy atom. The van der Waals surface area contributed by atoms with Crippen molar-refractivity contribution >= 4 is 29.9 Å². The van der Waals surface area contributed by atoms with Gasteiger partial charge in [-0.1, -0.05) is 26.7 Å². The summed E-state index contributed by atoms with van der Waals surface area (Å²) in [7, 11) is 1.89. The fourth-order valence-corrected chi connectivity index (χ4v) is 3.70. The quantitative estimate of drug-likeness (QED) is 0.407. The third kappa shape index (κ3) is 7.02. The number of hydrogen-bond acceptors (Lipinski definition) is 2. The van der Waals surface area contributed by atoms with Gasteiger partial charge in [-0.25, -0.2) is 0 Å². The Labute approximate surface area is 153 Å². The lowest BCUT2D eigenvalue weighted by Gasteiger charge is -2.34. The molecular formula is C17H35IN4. The molecule has 2 rings (SSSR count). The van der Waals surface area contributed by atoms with Crippen molar-refractivity contribution in [2.45, 2.75) is 58.4 Å². The first-order valence-electron chi connectivity index (χ1n) is 8.87. The molecule has 1 heterocycles. The molecule has 130 valence electrons. The van der Waals surface area contributed by atoms with Gasteiger partial charge in [-0.05, 0) is 44.1 Å². The topological polar surface area (TPSA) is 39.7 Å². The van der Waals surface area contributed by atoms with E-state index in [1.54, 1.807) is 0 Å². The fraction of sp³-hybridized carbons (Fsp3) is 0.941. The summed E-state index contributed by atoms with van der Waals surface area (Å²) in [5.41, 5.74) is 0. The van der Waals surface area contributed by atoms with E-state index in [0.717, 1.165) is 24.3 Å². The molecule has 0 spiro atoms. The second-order valence-electron chi connectivity index (χ2n) is 7.24. The van der Waals surface area contributed by atoms with Crippen LogP contribution in [0.5, 0.6) is 0 Å². The summed E-state index contributed by atoms with van der Waals surface area (Å²) in [4.78, 5) is 7.02. The van der Waals surface area contributed by atoms with Crippen LogP contribution in [0.4, 0.5) is 0 Å². The second kappa shape index (κ2) is 10.7.